The van der Waals surface area contributed by atoms with Crippen LogP contribution in [-0.2, 0) is 6.54 Å². The summed E-state index contributed by atoms with van der Waals surface area (Å²) < 4.78 is 32.2. The molecule has 1 aliphatic heterocycles. The van der Waals surface area contributed by atoms with Gasteiger partial charge in [0.2, 0.25) is 0 Å². The summed E-state index contributed by atoms with van der Waals surface area (Å²) in [6, 6.07) is 19.1. The molecule has 0 atom stereocenters. The minimum Gasteiger partial charge on any atom is -0.348 e. The van der Waals surface area contributed by atoms with Crippen LogP contribution >= 0.6 is 0 Å². The zero-order valence-corrected chi connectivity index (χ0v) is 27.8. The number of halogens is 2. The van der Waals surface area contributed by atoms with Crippen molar-refractivity contribution in [2.75, 3.05) is 26.2 Å². The van der Waals surface area contributed by atoms with Crippen LogP contribution in [0.1, 0.15) is 47.8 Å². The first kappa shape index (κ1) is 32.7. The number of imidazole rings is 1. The van der Waals surface area contributed by atoms with Crippen molar-refractivity contribution in [1.82, 2.24) is 39.0 Å². The summed E-state index contributed by atoms with van der Waals surface area (Å²) in [5.41, 5.74) is 3.13. The number of piperazine rings is 1. The monoisotopic (exact) mass is 690 g/mol. The van der Waals surface area contributed by atoms with Gasteiger partial charge in [0.1, 0.15) is 23.0 Å². The van der Waals surface area contributed by atoms with Crippen molar-refractivity contribution >= 4 is 22.6 Å². The molecule has 51 heavy (non-hydrogen) atoms. The fourth-order valence-electron chi connectivity index (χ4n) is 7.30. The molecule has 6 aromatic rings. The number of nitrogens with one attached hydrogen (secondary N) is 2. The summed E-state index contributed by atoms with van der Waals surface area (Å²) in [6.45, 7) is 4.88. The zero-order chi connectivity index (χ0) is 35.1. The summed E-state index contributed by atoms with van der Waals surface area (Å²) >= 11 is 0. The Bertz CT molecular complexity index is 2370. The molecular weight excluding hydrogens is 654 g/mol. The van der Waals surface area contributed by atoms with E-state index in [0.717, 1.165) is 56.1 Å². The number of hydrogen-bond acceptors (Lipinski definition) is 7. The van der Waals surface area contributed by atoms with Crippen molar-refractivity contribution in [3.8, 4) is 16.8 Å². The van der Waals surface area contributed by atoms with Gasteiger partial charge in [-0.3, -0.25) is 19.1 Å². The van der Waals surface area contributed by atoms with Crippen molar-refractivity contribution in [2.24, 2.45) is 0 Å². The zero-order valence-electron chi connectivity index (χ0n) is 27.8. The van der Waals surface area contributed by atoms with Crippen molar-refractivity contribution in [3.63, 3.8) is 0 Å². The highest BCUT2D eigenvalue weighted by Gasteiger charge is 2.29. The summed E-state index contributed by atoms with van der Waals surface area (Å²) in [6.07, 6.45) is 5.62. The number of carbonyl (C=O) groups excluding carboxylic acids is 1. The number of rotatable bonds is 7. The molecule has 2 aromatic carbocycles. The van der Waals surface area contributed by atoms with Gasteiger partial charge in [-0.2, -0.15) is 0 Å². The Hall–Kier alpha value is -5.53. The average Bonchev–Trinajstić information content (AvgIpc) is 3.57. The maximum atomic E-state index is 14.5. The second-order valence-corrected chi connectivity index (χ2v) is 13.3. The first-order valence-electron chi connectivity index (χ1n) is 17.2. The van der Waals surface area contributed by atoms with Crippen LogP contribution < -0.4 is 21.9 Å². The van der Waals surface area contributed by atoms with Gasteiger partial charge in [-0.25, -0.2) is 28.1 Å². The van der Waals surface area contributed by atoms with E-state index in [-0.39, 0.29) is 28.7 Å². The maximum Gasteiger partial charge on any atom is 0.337 e. The number of hydrogen-bond donors (Lipinski definition) is 2. The minimum atomic E-state index is -0.674. The summed E-state index contributed by atoms with van der Waals surface area (Å²) in [4.78, 5) is 52.1. The molecule has 2 aliphatic rings. The van der Waals surface area contributed by atoms with E-state index >= 15 is 0 Å². The van der Waals surface area contributed by atoms with Crippen molar-refractivity contribution in [3.05, 3.63) is 129 Å². The molecule has 5 heterocycles. The fraction of sp³-hybridized carbons (Fsp3) is 0.289. The molecule has 4 aromatic heterocycles. The van der Waals surface area contributed by atoms with E-state index in [4.69, 9.17) is 0 Å². The molecule has 2 fully saturated rings. The summed E-state index contributed by atoms with van der Waals surface area (Å²) in [7, 11) is 0. The lowest BCUT2D eigenvalue weighted by atomic mass is 9.90. The predicted molar refractivity (Wildman–Crippen MR) is 189 cm³/mol. The van der Waals surface area contributed by atoms with Gasteiger partial charge >= 0.3 is 5.69 Å². The molecule has 2 N–H and O–H groups in total. The molecule has 13 heteroatoms. The van der Waals surface area contributed by atoms with E-state index < -0.39 is 28.9 Å². The molecule has 1 saturated carbocycles. The van der Waals surface area contributed by atoms with Crippen LogP contribution in [0.15, 0.2) is 94.9 Å². The lowest BCUT2D eigenvalue weighted by Crippen LogP contribution is -2.45. The Morgan fingerprint density at radius 2 is 1.67 bits per heavy atom. The second kappa shape index (κ2) is 13.6. The average molecular weight is 691 g/mol. The Labute approximate surface area is 291 Å². The quantitative estimate of drug-likeness (QED) is 0.254. The summed E-state index contributed by atoms with van der Waals surface area (Å²) in [5.74, 6) is -1.50. The topological polar surface area (TPSA) is 119 Å². The van der Waals surface area contributed by atoms with Crippen LogP contribution in [0.3, 0.4) is 0 Å². The van der Waals surface area contributed by atoms with Gasteiger partial charge in [0.15, 0.2) is 5.65 Å². The van der Waals surface area contributed by atoms with E-state index in [0.29, 0.717) is 37.0 Å². The lowest BCUT2D eigenvalue weighted by Gasteiger charge is -2.30. The minimum absolute atomic E-state index is 0.0102. The SMILES string of the molecule is O=C(N[C@H]1CC[C@H](n2c(=O)c3cc(F)cnc3n(-c3cccc(-c4ccc(CN5CCNCC5)cc4)c3)c2=O)CC1)c1cn2cc(F)ccc2n1. The van der Waals surface area contributed by atoms with E-state index in [1.807, 2.05) is 18.2 Å². The third-order valence-corrected chi connectivity index (χ3v) is 9.94. The molecule has 0 unspecified atom stereocenters. The Morgan fingerprint density at radius 3 is 2.45 bits per heavy atom. The molecule has 0 bridgehead atoms. The van der Waals surface area contributed by atoms with Gasteiger partial charge in [0.05, 0.1) is 17.3 Å². The van der Waals surface area contributed by atoms with Crippen LogP contribution in [0, 0.1) is 11.6 Å². The van der Waals surface area contributed by atoms with Gasteiger partial charge in [-0.1, -0.05) is 36.4 Å². The number of pyridine rings is 2. The molecule has 260 valence electrons. The van der Waals surface area contributed by atoms with E-state index in [2.05, 4.69) is 49.8 Å². The molecule has 1 amide bonds. The normalized spacial score (nSPS) is 18.3. The largest absolute Gasteiger partial charge is 0.348 e. The number of fused-ring (bicyclic) bond motifs is 2. The molecular formula is C38H36F2N8O3. The second-order valence-electron chi connectivity index (χ2n) is 13.3. The van der Waals surface area contributed by atoms with Crippen LogP contribution in [0.25, 0.3) is 33.5 Å². The van der Waals surface area contributed by atoms with Gasteiger partial charge in [0, 0.05) is 57.2 Å². The number of amides is 1. The van der Waals surface area contributed by atoms with Crippen molar-refractivity contribution < 1.29 is 13.6 Å². The Balaban J connectivity index is 1.05. The van der Waals surface area contributed by atoms with E-state index in [9.17, 15) is 23.2 Å². The molecule has 0 spiro atoms. The number of aromatic nitrogens is 5. The number of carbonyl (C=O) groups is 1. The van der Waals surface area contributed by atoms with Crippen LogP contribution in [0.4, 0.5) is 8.78 Å². The molecule has 8 rings (SSSR count). The smallest absolute Gasteiger partial charge is 0.337 e. The number of nitrogens with zero attached hydrogens (tertiary/aromatic N) is 6. The molecule has 1 saturated heterocycles. The Morgan fingerprint density at radius 1 is 0.882 bits per heavy atom. The van der Waals surface area contributed by atoms with E-state index in [1.165, 1.54) is 43.6 Å². The highest BCUT2D eigenvalue weighted by molar-refractivity contribution is 5.93. The van der Waals surface area contributed by atoms with Gasteiger partial charge in [-0.05, 0) is 72.7 Å². The predicted octanol–water partition coefficient (Wildman–Crippen LogP) is 4.46. The Kier molecular flexibility index (Phi) is 8.74. The number of benzene rings is 2. The van der Waals surface area contributed by atoms with Gasteiger partial charge in [-0.15, -0.1) is 0 Å². The third-order valence-electron chi connectivity index (χ3n) is 9.94. The van der Waals surface area contributed by atoms with Crippen LogP contribution in [-0.4, -0.2) is 66.5 Å². The van der Waals surface area contributed by atoms with E-state index in [1.54, 1.807) is 6.07 Å². The summed E-state index contributed by atoms with van der Waals surface area (Å²) in [5, 5.41) is 6.38. The lowest BCUT2D eigenvalue weighted by molar-refractivity contribution is 0.0917. The first-order chi connectivity index (χ1) is 24.8. The van der Waals surface area contributed by atoms with Crippen LogP contribution in [0.2, 0.25) is 0 Å². The van der Waals surface area contributed by atoms with Gasteiger partial charge in [0.25, 0.3) is 11.5 Å². The fourth-order valence-corrected chi connectivity index (χ4v) is 7.30. The standard InChI is InChI=1S/C38H36F2N8O3/c39-27-8-13-34-44-33(23-46(34)22-27)36(49)43-29-9-11-30(12-10-29)48-37(50)32-19-28(40)20-42-35(32)47(38(48)51)31-3-1-2-26(18-31)25-6-4-24(5-7-25)21-45-16-14-41-15-17-45/h1-8,13,18-20,22-23,29-30,41H,9-12,14-17,21H2,(H,43,49)/t29-,30-. The molecule has 0 radical (unpaired) electrons. The first-order valence-corrected chi connectivity index (χ1v) is 17.2. The van der Waals surface area contributed by atoms with Crippen molar-refractivity contribution in [1.29, 1.82) is 0 Å². The highest BCUT2D eigenvalue weighted by Crippen LogP contribution is 2.29. The third kappa shape index (κ3) is 6.57. The van der Waals surface area contributed by atoms with Gasteiger partial charge < -0.3 is 15.0 Å². The molecule has 1 aliphatic carbocycles. The van der Waals surface area contributed by atoms with Crippen molar-refractivity contribution in [2.45, 2.75) is 44.3 Å². The maximum absolute atomic E-state index is 14.5. The van der Waals surface area contributed by atoms with Crippen LogP contribution in [0.5, 0.6) is 0 Å². The highest BCUT2D eigenvalue weighted by atomic mass is 19.1. The molecule has 11 nitrogen and oxygen atoms in total.